The molecule has 0 aromatic rings. The highest BCUT2D eigenvalue weighted by Gasteiger charge is 1.45. The Morgan fingerprint density at radius 3 is 0.244 bits per heavy atom. The van der Waals surface area contributed by atoms with Gasteiger partial charge in [0.15, 0.2) is 0 Å². The summed E-state index contributed by atoms with van der Waals surface area (Å²) in [7, 11) is 76.6. The van der Waals surface area contributed by atoms with Gasteiger partial charge in [-0.2, -0.15) is 0 Å². The Labute approximate surface area is 392 Å². The molecule has 0 aliphatic carbocycles. The van der Waals surface area contributed by atoms with Crippen molar-refractivity contribution in [2.75, 3.05) is 0 Å². The average molecular weight is 1440 g/mol. The topological polar surface area (TPSA) is 0 Å². The van der Waals surface area contributed by atoms with Crippen molar-refractivity contribution in [2.24, 2.45) is 0 Å². The molecule has 0 saturated heterocycles. The molecule has 0 amide bonds. The van der Waals surface area contributed by atoms with Gasteiger partial charge in [0.25, 0.3) is 0 Å². The summed E-state index contributed by atoms with van der Waals surface area (Å²) < 4.78 is 0. The van der Waals surface area contributed by atoms with Gasteiger partial charge in [-0.25, -0.2) is 0 Å². The maximum Gasteiger partial charge on any atom is 0 e. The van der Waals surface area contributed by atoms with Crippen LogP contribution in [0.2, 0.25) is 0 Å². The Morgan fingerprint density at radius 1 is 0.111 bits per heavy atom. The van der Waals surface area contributed by atoms with E-state index in [-0.39, 0.29) is 0 Å². The summed E-state index contributed by atoms with van der Waals surface area (Å²) in [5, 5.41) is 0. The first-order chi connectivity index (χ1) is 22.4. The third kappa shape index (κ3) is 53.9. The molecule has 0 bridgehead atoms. The molecular formula is S45. The van der Waals surface area contributed by atoms with Gasteiger partial charge in [0.2, 0.25) is 0 Å². The van der Waals surface area contributed by atoms with Crippen LogP contribution in [0.15, 0.2) is 0 Å². The zero-order chi connectivity index (χ0) is 32.4. The minimum absolute atomic E-state index is 1.37. The molecule has 0 spiro atoms. The van der Waals surface area contributed by atoms with Crippen LogP contribution in [-0.4, -0.2) is 0 Å². The van der Waals surface area contributed by atoms with Crippen molar-refractivity contribution in [3.05, 3.63) is 0 Å². The van der Waals surface area contributed by atoms with Gasteiger partial charge in [0.1, 0.15) is 0 Å². The predicted molar refractivity (Wildman–Crippen MR) is 331 cm³/mol. The minimum atomic E-state index is 1.37. The highest BCUT2D eigenvalue weighted by molar-refractivity contribution is 8.81. The van der Waals surface area contributed by atoms with Crippen molar-refractivity contribution in [1.29, 1.82) is 0 Å². The standard InChI is InChI=1S/S45/c1-3-5-7-9-11-13-15-17-19-21-23-25-27-29-31-33-35-37-39-41-43-45-44-42-40-38-36-34-32-30-28-26-24-22-20-18-16-14-12-10-8-6-4-2. The van der Waals surface area contributed by atoms with E-state index in [1.54, 1.807) is 107 Å². The number of rotatable bonds is 0. The van der Waals surface area contributed by atoms with Crippen molar-refractivity contribution in [3.8, 4) is 0 Å². The van der Waals surface area contributed by atoms with Gasteiger partial charge in [-0.15, -0.1) is 0 Å². The van der Waals surface area contributed by atoms with E-state index in [1.165, 1.54) is 17.8 Å². The van der Waals surface area contributed by atoms with E-state index in [0.717, 1.165) is 0 Å². The summed E-state index contributed by atoms with van der Waals surface area (Å²) in [6.45, 7) is 0. The van der Waals surface area contributed by atoms with E-state index in [2.05, 4.69) is 0 Å². The fraction of sp³-hybridized carbons (Fsp3) is 0. The zero-order valence-electron chi connectivity index (χ0n) is 18.4. The Morgan fingerprint density at radius 2 is 0.178 bits per heavy atom. The fourth-order valence-corrected chi connectivity index (χ4v) is 113. The van der Waals surface area contributed by atoms with Crippen LogP contribution in [0, 0.1) is 0 Å². The maximum absolute atomic E-state index is 4.81. The van der Waals surface area contributed by atoms with Crippen molar-refractivity contribution >= 4 is 404 Å². The summed E-state index contributed by atoms with van der Waals surface area (Å²) in [5.41, 5.74) is 0. The second-order valence-corrected chi connectivity index (χ2v) is 79.0. The predicted octanol–water partition coefficient (Wildman–Crippen LogP) is -0.108. The van der Waals surface area contributed by atoms with Crippen molar-refractivity contribution in [1.82, 2.24) is 0 Å². The Bertz CT molecular complexity index is 2790. The molecule has 0 fully saturated rings. The van der Waals surface area contributed by atoms with Gasteiger partial charge >= 0.3 is 0 Å². The normalized spacial score (nSPS) is 7.73. The van der Waals surface area contributed by atoms with Gasteiger partial charge in [-0.05, 0) is 0 Å². The minimum Gasteiger partial charge on any atom is 0 e. The van der Waals surface area contributed by atoms with Gasteiger partial charge in [0, 0.05) is 404 Å². The van der Waals surface area contributed by atoms with Crippen molar-refractivity contribution in [3.63, 3.8) is 0 Å². The van der Waals surface area contributed by atoms with Crippen LogP contribution in [0.1, 0.15) is 0 Å². The lowest BCUT2D eigenvalue weighted by atomic mass is 30.7. The van der Waals surface area contributed by atoms with E-state index in [4.69, 9.17) is 22.4 Å². The van der Waals surface area contributed by atoms with E-state index in [1.807, 2.05) is 258 Å². The van der Waals surface area contributed by atoms with Crippen LogP contribution in [0.25, 0.3) is 0 Å². The molecule has 0 rings (SSSR count). The maximum atomic E-state index is 4.81. The highest BCUT2D eigenvalue weighted by Crippen LogP contribution is 1.45. The summed E-state index contributed by atoms with van der Waals surface area (Å²) in [6, 6.07) is 0. The summed E-state index contributed by atoms with van der Waals surface area (Å²) >= 11 is 9.62. The molecule has 0 radical (unpaired) electrons. The molecule has 0 aromatic heterocycles. The molecule has 0 unspecified atom stereocenters. The Hall–Kier alpha value is 9.90. The monoisotopic (exact) mass is 1440 g/mol. The first kappa shape index (κ1) is 54.9. The highest BCUT2D eigenvalue weighted by atomic mass is 33.5. The molecule has 0 aliphatic rings. The quantitative estimate of drug-likeness (QED) is 0.333. The summed E-state index contributed by atoms with van der Waals surface area (Å²) in [5.74, 6) is 0. The first-order valence-electron chi connectivity index (χ1n) is 7.33. The second-order valence-electron chi connectivity index (χ2n) is 2.93. The third-order valence-electron chi connectivity index (χ3n) is 1.17. The van der Waals surface area contributed by atoms with E-state index >= 15 is 0 Å². The van der Waals surface area contributed by atoms with Crippen LogP contribution < -0.4 is 0 Å². The van der Waals surface area contributed by atoms with Gasteiger partial charge in [-0.1, -0.05) is 0 Å². The number of hydrogen-bond donors (Lipinski definition) is 0. The molecule has 0 aliphatic heterocycles. The lowest BCUT2D eigenvalue weighted by Crippen LogP contribution is -1.41. The van der Waals surface area contributed by atoms with Crippen molar-refractivity contribution < 1.29 is 0 Å². The summed E-state index contributed by atoms with van der Waals surface area (Å²) in [4.78, 5) is 0. The van der Waals surface area contributed by atoms with Crippen LogP contribution >= 0.6 is 0 Å². The van der Waals surface area contributed by atoms with Crippen LogP contribution in [0.4, 0.5) is 0 Å². The van der Waals surface area contributed by atoms with E-state index < -0.39 is 0 Å². The third-order valence-corrected chi connectivity index (χ3v) is 94.5. The molecule has 0 heterocycles. The zero-order valence-corrected chi connectivity index (χ0v) is 55.1. The smallest absolute Gasteiger partial charge is 0 e. The largest absolute Gasteiger partial charge is 0 e. The van der Waals surface area contributed by atoms with Crippen LogP contribution in [-0.2, 0) is 404 Å². The van der Waals surface area contributed by atoms with Crippen molar-refractivity contribution in [2.45, 2.75) is 0 Å². The lowest BCUT2D eigenvalue weighted by Gasteiger charge is -1.41. The average Bonchev–Trinajstić information content (AvgIpc) is 3.05. The molecule has 270 valence electrons. The lowest BCUT2D eigenvalue weighted by molar-refractivity contribution is 5.96. The van der Waals surface area contributed by atoms with Gasteiger partial charge in [0.05, 0.1) is 0 Å². The van der Waals surface area contributed by atoms with Gasteiger partial charge in [-0.3, -0.25) is 0 Å². The SMILES string of the molecule is S=S=S=S=S=S=S=S=S=S=S=S=S=S=S=S=S=S=S=S=S=S=S=S=S=S=S=S=S=S=S=S=S=S=S=S=S=S=S=S=S=S=S=S=S. The second kappa shape index (κ2) is 53.9. The Balaban J connectivity index is 6.06. The molecule has 0 atom stereocenters. The molecule has 0 saturated carbocycles. The van der Waals surface area contributed by atoms with Crippen LogP contribution in [0.3, 0.4) is 0 Å². The molecule has 0 N–H and O–H groups in total. The summed E-state index contributed by atoms with van der Waals surface area (Å²) in [6.07, 6.45) is 0. The van der Waals surface area contributed by atoms with E-state index in [9.17, 15) is 0 Å². The molecular weight excluding hydrogens is 1440 g/mol. The van der Waals surface area contributed by atoms with Crippen LogP contribution in [0.5, 0.6) is 0 Å². The first-order valence-corrected chi connectivity index (χ1v) is 66.0. The fourth-order valence-electron chi connectivity index (χ4n) is 0.465. The molecule has 0 nitrogen and oxygen atoms in total. The number of hydrogen-bond acceptors (Lipinski definition) is 2. The molecule has 45 heavy (non-hydrogen) atoms. The molecule has 0 aromatic carbocycles. The molecule has 45 heteroatoms. The Kier molecular flexibility index (Phi) is 65.8. The van der Waals surface area contributed by atoms with Gasteiger partial charge < -0.3 is 0 Å². The van der Waals surface area contributed by atoms with E-state index in [0.29, 0.717) is 0 Å².